The summed E-state index contributed by atoms with van der Waals surface area (Å²) >= 11 is 10.3. The molecule has 2 saturated heterocycles. The van der Waals surface area contributed by atoms with Crippen molar-refractivity contribution in [3.63, 3.8) is 0 Å². The first-order valence-electron chi connectivity index (χ1n) is 16.5. The molecule has 4 aromatic carbocycles. The highest BCUT2D eigenvalue weighted by atomic mass is 79.9. The van der Waals surface area contributed by atoms with Crippen molar-refractivity contribution in [1.29, 1.82) is 0 Å². The highest BCUT2D eigenvalue weighted by molar-refractivity contribution is 9.11. The average Bonchev–Trinajstić information content (AvgIpc) is 3.61. The number of amides is 2. The summed E-state index contributed by atoms with van der Waals surface area (Å²) in [7, 11) is 0. The maximum absolute atomic E-state index is 12.8. The molecule has 2 unspecified atom stereocenters. The normalized spacial score (nSPS) is 16.9. The van der Waals surface area contributed by atoms with Crippen molar-refractivity contribution >= 4 is 76.7 Å². The van der Waals surface area contributed by atoms with Gasteiger partial charge in [0, 0.05) is 51.1 Å². The molecular weight excluding hydrogens is 814 g/mol. The zero-order valence-corrected chi connectivity index (χ0v) is 33.2. The van der Waals surface area contributed by atoms with Crippen molar-refractivity contribution in [2.45, 2.75) is 51.8 Å². The Kier molecular flexibility index (Phi) is 14.6. The summed E-state index contributed by atoms with van der Waals surface area (Å²) in [4.78, 5) is 28.3. The second kappa shape index (κ2) is 18.6. The summed E-state index contributed by atoms with van der Waals surface area (Å²) in [6.45, 7) is 10.9. The molecule has 0 aliphatic carbocycles. The molecule has 2 fully saturated rings. The van der Waals surface area contributed by atoms with E-state index >= 15 is 0 Å². The standard InChI is InChI=1S/C20H22BrNO2.C11H11Br2NO.C8H11NO/c1-3-24-18-6-4-5-15(13-18)12-16-9-10-22(20(16)23)17-7-8-19(21)14(2)11-17;1-7-6-8(2-3-9(7)12)14-5-4-10(13)11(14)15;1-2-10-8-5-3-4-7(9)6-8/h4-8,11,13,16H,3,9-10,12H2,1-2H3;2-3,6,10H,4-5H2,1H3;3-6H,2,9H2,1H3. The number of anilines is 3. The lowest BCUT2D eigenvalue weighted by molar-refractivity contribution is -0.120. The summed E-state index contributed by atoms with van der Waals surface area (Å²) in [5, 5.41) is 0. The van der Waals surface area contributed by atoms with Gasteiger partial charge in [0.05, 0.1) is 18.0 Å². The van der Waals surface area contributed by atoms with Crippen LogP contribution in [0.2, 0.25) is 0 Å². The van der Waals surface area contributed by atoms with E-state index in [9.17, 15) is 9.59 Å². The Morgan fingerprint density at radius 3 is 1.76 bits per heavy atom. The molecule has 2 N–H and O–H groups in total. The monoisotopic (exact) mass is 855 g/mol. The van der Waals surface area contributed by atoms with Gasteiger partial charge in [0.2, 0.25) is 11.8 Å². The minimum Gasteiger partial charge on any atom is -0.494 e. The molecule has 2 aliphatic rings. The van der Waals surface area contributed by atoms with Gasteiger partial charge < -0.3 is 25.0 Å². The number of aryl methyl sites for hydroxylation is 2. The van der Waals surface area contributed by atoms with Crippen LogP contribution >= 0.6 is 47.8 Å². The number of alkyl halides is 1. The highest BCUT2D eigenvalue weighted by Gasteiger charge is 2.33. The molecular formula is C39H44Br3N3O4. The van der Waals surface area contributed by atoms with Gasteiger partial charge in [0.25, 0.3) is 0 Å². The van der Waals surface area contributed by atoms with Crippen LogP contribution in [0.3, 0.4) is 0 Å². The van der Waals surface area contributed by atoms with Crippen LogP contribution in [0.4, 0.5) is 17.1 Å². The van der Waals surface area contributed by atoms with Gasteiger partial charge in [-0.1, -0.05) is 66.0 Å². The summed E-state index contributed by atoms with van der Waals surface area (Å²) < 4.78 is 12.9. The quantitative estimate of drug-likeness (QED) is 0.141. The van der Waals surface area contributed by atoms with Crippen LogP contribution in [-0.2, 0) is 16.0 Å². The van der Waals surface area contributed by atoms with E-state index in [1.54, 1.807) is 0 Å². The van der Waals surface area contributed by atoms with Crippen LogP contribution in [0.5, 0.6) is 11.5 Å². The van der Waals surface area contributed by atoms with E-state index in [0.29, 0.717) is 13.2 Å². The van der Waals surface area contributed by atoms with Crippen molar-refractivity contribution in [3.8, 4) is 11.5 Å². The first-order chi connectivity index (χ1) is 23.5. The lowest BCUT2D eigenvalue weighted by Crippen LogP contribution is -2.27. The summed E-state index contributed by atoms with van der Waals surface area (Å²) in [5.74, 6) is 2.14. The van der Waals surface area contributed by atoms with Gasteiger partial charge in [-0.2, -0.15) is 0 Å². The van der Waals surface area contributed by atoms with E-state index in [2.05, 4.69) is 59.9 Å². The van der Waals surface area contributed by atoms with Crippen molar-refractivity contribution in [2.24, 2.45) is 5.92 Å². The van der Waals surface area contributed by atoms with E-state index < -0.39 is 0 Å². The number of nitrogens with two attached hydrogens (primary N) is 1. The minimum absolute atomic E-state index is 0.0125. The molecule has 4 aromatic rings. The maximum Gasteiger partial charge on any atom is 0.240 e. The second-order valence-corrected chi connectivity index (χ2v) is 14.7. The van der Waals surface area contributed by atoms with E-state index in [0.717, 1.165) is 86.5 Å². The van der Waals surface area contributed by atoms with Gasteiger partial charge in [-0.05, 0) is 124 Å². The predicted molar refractivity (Wildman–Crippen MR) is 211 cm³/mol. The minimum atomic E-state index is -0.0125. The SMILES string of the molecule is CCOc1cccc(CC2CCN(c3ccc(Br)c(C)c3)C2=O)c1.CCOc1cccc(N)c1.Cc1cc(N2CCC(Br)C2=O)ccc1Br. The molecule has 2 amide bonds. The molecule has 0 bridgehead atoms. The van der Waals surface area contributed by atoms with Crippen molar-refractivity contribution in [1.82, 2.24) is 0 Å². The highest BCUT2D eigenvalue weighted by Crippen LogP contribution is 2.31. The van der Waals surface area contributed by atoms with Crippen molar-refractivity contribution in [3.05, 3.63) is 111 Å². The fourth-order valence-corrected chi connectivity index (χ4v) is 6.61. The van der Waals surface area contributed by atoms with E-state index in [1.165, 1.54) is 0 Å². The molecule has 0 radical (unpaired) electrons. The third-order valence-electron chi connectivity index (χ3n) is 8.22. The molecule has 2 heterocycles. The summed E-state index contributed by atoms with van der Waals surface area (Å²) in [6.07, 6.45) is 2.55. The van der Waals surface area contributed by atoms with Crippen molar-refractivity contribution in [2.75, 3.05) is 41.8 Å². The topological polar surface area (TPSA) is 85.1 Å². The Balaban J connectivity index is 0.000000184. The Labute approximate surface area is 315 Å². The number of carbonyl (C=O) groups excluding carboxylic acids is 2. The van der Waals surface area contributed by atoms with Gasteiger partial charge in [-0.25, -0.2) is 0 Å². The molecule has 10 heteroatoms. The number of nitrogens with zero attached hydrogens (tertiary/aromatic N) is 2. The number of hydrogen-bond donors (Lipinski definition) is 1. The van der Waals surface area contributed by atoms with E-state index in [4.69, 9.17) is 15.2 Å². The fourth-order valence-electron chi connectivity index (χ4n) is 5.66. The van der Waals surface area contributed by atoms with Gasteiger partial charge in [0.1, 0.15) is 11.5 Å². The first kappa shape index (κ1) is 38.5. The molecule has 0 aromatic heterocycles. The number of hydrogen-bond acceptors (Lipinski definition) is 5. The zero-order valence-electron chi connectivity index (χ0n) is 28.4. The predicted octanol–water partition coefficient (Wildman–Crippen LogP) is 9.68. The molecule has 7 nitrogen and oxygen atoms in total. The molecule has 49 heavy (non-hydrogen) atoms. The summed E-state index contributed by atoms with van der Waals surface area (Å²) in [5.41, 5.74) is 11.7. The lowest BCUT2D eigenvalue weighted by Gasteiger charge is -2.18. The van der Waals surface area contributed by atoms with Crippen LogP contribution in [0.1, 0.15) is 43.4 Å². The van der Waals surface area contributed by atoms with Crippen molar-refractivity contribution < 1.29 is 19.1 Å². The Morgan fingerprint density at radius 1 is 0.714 bits per heavy atom. The fraction of sp³-hybridized carbons (Fsp3) is 0.333. The summed E-state index contributed by atoms with van der Waals surface area (Å²) in [6, 6.07) is 27.6. The third kappa shape index (κ3) is 10.8. The third-order valence-corrected chi connectivity index (χ3v) is 10.9. The maximum atomic E-state index is 12.8. The Hall–Kier alpha value is -3.34. The van der Waals surface area contributed by atoms with E-state index in [-0.39, 0.29) is 22.6 Å². The number of halogens is 3. The van der Waals surface area contributed by atoms with Gasteiger partial charge in [-0.15, -0.1) is 0 Å². The van der Waals surface area contributed by atoms with Crippen LogP contribution in [0.25, 0.3) is 0 Å². The smallest absolute Gasteiger partial charge is 0.240 e. The second-order valence-electron chi connectivity index (χ2n) is 11.9. The number of ether oxygens (including phenoxy) is 2. The van der Waals surface area contributed by atoms with Crippen LogP contribution in [0.15, 0.2) is 93.9 Å². The number of benzene rings is 4. The van der Waals surface area contributed by atoms with Crippen LogP contribution in [-0.4, -0.2) is 42.9 Å². The number of nitrogen functional groups attached to an aromatic ring is 1. The lowest BCUT2D eigenvalue weighted by atomic mass is 9.98. The Bertz CT molecular complexity index is 1730. The molecule has 2 aliphatic heterocycles. The van der Waals surface area contributed by atoms with Crippen LogP contribution < -0.4 is 25.0 Å². The molecule has 260 valence electrons. The largest absolute Gasteiger partial charge is 0.494 e. The Morgan fingerprint density at radius 2 is 1.24 bits per heavy atom. The van der Waals surface area contributed by atoms with E-state index in [1.807, 2.05) is 110 Å². The molecule has 0 saturated carbocycles. The molecule has 2 atom stereocenters. The zero-order chi connectivity index (χ0) is 35.5. The first-order valence-corrected chi connectivity index (χ1v) is 19.0. The molecule has 6 rings (SSSR count). The molecule has 0 spiro atoms. The van der Waals surface area contributed by atoms with Gasteiger partial charge >= 0.3 is 0 Å². The van der Waals surface area contributed by atoms with Crippen LogP contribution in [0, 0.1) is 19.8 Å². The number of rotatable bonds is 8. The average molecular weight is 859 g/mol. The number of carbonyl (C=O) groups is 2. The van der Waals surface area contributed by atoms with Gasteiger partial charge in [-0.3, -0.25) is 9.59 Å². The van der Waals surface area contributed by atoms with Gasteiger partial charge in [0.15, 0.2) is 0 Å².